The van der Waals surface area contributed by atoms with Crippen molar-refractivity contribution in [2.45, 2.75) is 44.7 Å². The third-order valence-electron chi connectivity index (χ3n) is 4.28. The highest BCUT2D eigenvalue weighted by molar-refractivity contribution is 5.28. The van der Waals surface area contributed by atoms with Gasteiger partial charge in [0.25, 0.3) is 0 Å². The Kier molecular flexibility index (Phi) is 5.43. The average molecular weight is 272 g/mol. The molecule has 20 heavy (non-hydrogen) atoms. The van der Waals surface area contributed by atoms with Crippen LogP contribution in [0.3, 0.4) is 0 Å². The van der Waals surface area contributed by atoms with Gasteiger partial charge in [-0.25, -0.2) is 0 Å². The lowest BCUT2D eigenvalue weighted by molar-refractivity contribution is 0.183. The quantitative estimate of drug-likeness (QED) is 0.786. The lowest BCUT2D eigenvalue weighted by Gasteiger charge is -2.30. The highest BCUT2D eigenvalue weighted by atomic mass is 16.5. The molecule has 108 valence electrons. The second-order valence-electron chi connectivity index (χ2n) is 5.71. The summed E-state index contributed by atoms with van der Waals surface area (Å²) in [5.41, 5.74) is 1.24. The molecule has 0 heterocycles. The fourth-order valence-corrected chi connectivity index (χ4v) is 3.14. The van der Waals surface area contributed by atoms with Crippen molar-refractivity contribution in [1.82, 2.24) is 4.90 Å². The van der Waals surface area contributed by atoms with E-state index in [2.05, 4.69) is 30.1 Å². The molecule has 1 aromatic rings. The van der Waals surface area contributed by atoms with Gasteiger partial charge in [-0.2, -0.15) is 5.26 Å². The molecule has 0 N–H and O–H groups in total. The summed E-state index contributed by atoms with van der Waals surface area (Å²) in [7, 11) is 3.83. The number of rotatable bonds is 4. The van der Waals surface area contributed by atoms with Crippen LogP contribution in [0.25, 0.3) is 0 Å². The summed E-state index contributed by atoms with van der Waals surface area (Å²) in [4.78, 5) is 2.34. The van der Waals surface area contributed by atoms with Gasteiger partial charge in [-0.3, -0.25) is 4.90 Å². The number of hydrogen-bond acceptors (Lipinski definition) is 3. The Balaban J connectivity index is 2.05. The molecule has 2 atom stereocenters. The Bertz CT molecular complexity index is 466. The molecule has 0 aliphatic heterocycles. The molecule has 1 saturated carbocycles. The van der Waals surface area contributed by atoms with Gasteiger partial charge in [0.1, 0.15) is 5.75 Å². The molecule has 3 nitrogen and oxygen atoms in total. The Hall–Kier alpha value is -1.53. The van der Waals surface area contributed by atoms with Crippen molar-refractivity contribution in [2.75, 3.05) is 14.2 Å². The van der Waals surface area contributed by atoms with Crippen molar-refractivity contribution < 1.29 is 4.74 Å². The molecule has 0 spiro atoms. The number of methoxy groups -OCH3 is 1. The lowest BCUT2D eigenvalue weighted by Crippen LogP contribution is -2.36. The third-order valence-corrected chi connectivity index (χ3v) is 4.28. The van der Waals surface area contributed by atoms with Gasteiger partial charge in [-0.05, 0) is 37.6 Å². The van der Waals surface area contributed by atoms with Crippen molar-refractivity contribution in [2.24, 2.45) is 5.92 Å². The maximum absolute atomic E-state index is 9.39. The summed E-state index contributed by atoms with van der Waals surface area (Å²) in [5, 5.41) is 9.39. The molecular formula is C17H24N2O. The molecule has 1 aliphatic carbocycles. The Labute approximate surface area is 122 Å². The summed E-state index contributed by atoms with van der Waals surface area (Å²) in [6, 6.07) is 11.1. The first kappa shape index (κ1) is 14.9. The normalized spacial score (nSPS) is 23.1. The van der Waals surface area contributed by atoms with Crippen LogP contribution in [0.1, 0.15) is 37.7 Å². The van der Waals surface area contributed by atoms with E-state index in [1.165, 1.54) is 24.8 Å². The first-order chi connectivity index (χ1) is 9.74. The van der Waals surface area contributed by atoms with E-state index in [9.17, 15) is 5.26 Å². The number of benzene rings is 1. The predicted molar refractivity (Wildman–Crippen MR) is 80.4 cm³/mol. The SMILES string of the molecule is COc1cccc(CN(C)C2CCCCCC2C#N)c1. The monoisotopic (exact) mass is 272 g/mol. The summed E-state index contributed by atoms with van der Waals surface area (Å²) in [5.74, 6) is 1.07. The zero-order chi connectivity index (χ0) is 14.4. The van der Waals surface area contributed by atoms with Crippen LogP contribution in [0, 0.1) is 17.2 Å². The highest BCUT2D eigenvalue weighted by Crippen LogP contribution is 2.27. The van der Waals surface area contributed by atoms with E-state index in [-0.39, 0.29) is 5.92 Å². The zero-order valence-corrected chi connectivity index (χ0v) is 12.5. The molecule has 0 amide bonds. The van der Waals surface area contributed by atoms with Crippen LogP contribution in [-0.4, -0.2) is 25.1 Å². The molecule has 1 aromatic carbocycles. The molecule has 0 aromatic heterocycles. The average Bonchev–Trinajstić information content (AvgIpc) is 2.72. The molecular weight excluding hydrogens is 248 g/mol. The molecule has 2 unspecified atom stereocenters. The van der Waals surface area contributed by atoms with Gasteiger partial charge in [0.05, 0.1) is 19.1 Å². The third kappa shape index (κ3) is 3.74. The first-order valence-electron chi connectivity index (χ1n) is 7.47. The standard InChI is InChI=1S/C17H24N2O/c1-19(13-14-7-6-9-16(11-14)20-2)17-10-5-3-4-8-15(17)12-18/h6-7,9,11,15,17H,3-5,8,10,13H2,1-2H3. The number of nitrogens with zero attached hydrogens (tertiary/aromatic N) is 2. The number of nitriles is 1. The summed E-state index contributed by atoms with van der Waals surface area (Å²) >= 11 is 0. The van der Waals surface area contributed by atoms with Crippen LogP contribution < -0.4 is 4.74 Å². The molecule has 1 aliphatic rings. The van der Waals surface area contributed by atoms with Crippen molar-refractivity contribution >= 4 is 0 Å². The topological polar surface area (TPSA) is 36.3 Å². The fraction of sp³-hybridized carbons (Fsp3) is 0.588. The maximum Gasteiger partial charge on any atom is 0.119 e. The van der Waals surface area contributed by atoms with Gasteiger partial charge < -0.3 is 4.74 Å². The van der Waals surface area contributed by atoms with Gasteiger partial charge in [0.2, 0.25) is 0 Å². The highest BCUT2D eigenvalue weighted by Gasteiger charge is 2.26. The largest absolute Gasteiger partial charge is 0.497 e. The Morgan fingerprint density at radius 2 is 2.10 bits per heavy atom. The maximum atomic E-state index is 9.39. The van der Waals surface area contributed by atoms with Crippen molar-refractivity contribution in [3.63, 3.8) is 0 Å². The second kappa shape index (κ2) is 7.31. The molecule has 1 fully saturated rings. The summed E-state index contributed by atoms with van der Waals surface area (Å²) in [6.45, 7) is 0.875. The molecule has 2 rings (SSSR count). The van der Waals surface area contributed by atoms with E-state index in [1.807, 2.05) is 12.1 Å². The van der Waals surface area contributed by atoms with E-state index in [1.54, 1.807) is 7.11 Å². The minimum absolute atomic E-state index is 0.174. The second-order valence-corrected chi connectivity index (χ2v) is 5.71. The molecule has 0 bridgehead atoms. The van der Waals surface area contributed by atoms with Gasteiger partial charge in [-0.1, -0.05) is 31.4 Å². The van der Waals surface area contributed by atoms with Gasteiger partial charge >= 0.3 is 0 Å². The van der Waals surface area contributed by atoms with Gasteiger partial charge in [0.15, 0.2) is 0 Å². The molecule has 0 saturated heterocycles. The van der Waals surface area contributed by atoms with Crippen LogP contribution in [0.5, 0.6) is 5.75 Å². The number of ether oxygens (including phenoxy) is 1. The van der Waals surface area contributed by atoms with E-state index >= 15 is 0 Å². The fourth-order valence-electron chi connectivity index (χ4n) is 3.14. The van der Waals surface area contributed by atoms with Crippen LogP contribution in [0.4, 0.5) is 0 Å². The smallest absolute Gasteiger partial charge is 0.119 e. The Morgan fingerprint density at radius 3 is 2.85 bits per heavy atom. The van der Waals surface area contributed by atoms with Crippen LogP contribution in [0.15, 0.2) is 24.3 Å². The van der Waals surface area contributed by atoms with Crippen LogP contribution in [0.2, 0.25) is 0 Å². The molecule has 3 heteroatoms. The minimum atomic E-state index is 0.174. The molecule has 0 radical (unpaired) electrons. The van der Waals surface area contributed by atoms with Crippen molar-refractivity contribution in [3.05, 3.63) is 29.8 Å². The van der Waals surface area contributed by atoms with E-state index in [0.29, 0.717) is 6.04 Å². The van der Waals surface area contributed by atoms with E-state index in [0.717, 1.165) is 25.1 Å². The zero-order valence-electron chi connectivity index (χ0n) is 12.5. The minimum Gasteiger partial charge on any atom is -0.497 e. The lowest BCUT2D eigenvalue weighted by atomic mass is 9.95. The van der Waals surface area contributed by atoms with Gasteiger partial charge in [0, 0.05) is 12.6 Å². The van der Waals surface area contributed by atoms with Crippen LogP contribution in [-0.2, 0) is 6.54 Å². The van der Waals surface area contributed by atoms with Gasteiger partial charge in [-0.15, -0.1) is 0 Å². The number of hydrogen-bond donors (Lipinski definition) is 0. The first-order valence-corrected chi connectivity index (χ1v) is 7.47. The Morgan fingerprint density at radius 1 is 1.30 bits per heavy atom. The summed E-state index contributed by atoms with van der Waals surface area (Å²) in [6.07, 6.45) is 5.89. The van der Waals surface area contributed by atoms with E-state index < -0.39 is 0 Å². The van der Waals surface area contributed by atoms with E-state index in [4.69, 9.17) is 4.74 Å². The van der Waals surface area contributed by atoms with Crippen molar-refractivity contribution in [1.29, 1.82) is 5.26 Å². The van der Waals surface area contributed by atoms with Crippen LogP contribution >= 0.6 is 0 Å². The predicted octanol–water partition coefficient (Wildman–Crippen LogP) is 3.60. The summed E-state index contributed by atoms with van der Waals surface area (Å²) < 4.78 is 5.27. The van der Waals surface area contributed by atoms with Crippen molar-refractivity contribution in [3.8, 4) is 11.8 Å².